The predicted molar refractivity (Wildman–Crippen MR) is 260 cm³/mol. The van der Waals surface area contributed by atoms with E-state index in [-0.39, 0.29) is 5.92 Å². The Hall–Kier alpha value is -8.20. The van der Waals surface area contributed by atoms with Crippen molar-refractivity contribution in [1.82, 2.24) is 0 Å². The minimum Gasteiger partial charge on any atom is -0.456 e. The number of furan rings is 1. The van der Waals surface area contributed by atoms with Crippen LogP contribution in [-0.4, -0.2) is 0 Å². The maximum Gasteiger partial charge on any atom is 0.136 e. The van der Waals surface area contributed by atoms with Crippen LogP contribution in [0.3, 0.4) is 0 Å². The van der Waals surface area contributed by atoms with Gasteiger partial charge in [0, 0.05) is 27.8 Å². The summed E-state index contributed by atoms with van der Waals surface area (Å²) in [5, 5.41) is 2.27. The van der Waals surface area contributed by atoms with Gasteiger partial charge in [0.05, 0.1) is 5.41 Å². The van der Waals surface area contributed by atoms with E-state index in [2.05, 4.69) is 218 Å². The van der Waals surface area contributed by atoms with Gasteiger partial charge in [-0.25, -0.2) is 0 Å². The third-order valence-corrected chi connectivity index (χ3v) is 14.2. The molecule has 2 nitrogen and oxygen atoms in total. The molecule has 14 rings (SSSR count). The molecule has 298 valence electrons. The summed E-state index contributed by atoms with van der Waals surface area (Å²) in [6.45, 7) is 0. The van der Waals surface area contributed by atoms with Gasteiger partial charge in [-0.05, 0) is 126 Å². The van der Waals surface area contributed by atoms with Gasteiger partial charge in [-0.1, -0.05) is 182 Å². The van der Waals surface area contributed by atoms with Gasteiger partial charge >= 0.3 is 0 Å². The molecule has 0 amide bonds. The van der Waals surface area contributed by atoms with E-state index in [0.29, 0.717) is 0 Å². The Balaban J connectivity index is 1.05. The van der Waals surface area contributed by atoms with Crippen LogP contribution >= 0.6 is 0 Å². The topological polar surface area (TPSA) is 22.4 Å². The van der Waals surface area contributed by atoms with Gasteiger partial charge in [0.2, 0.25) is 0 Å². The molecule has 0 radical (unpaired) electrons. The van der Waals surface area contributed by atoms with Crippen LogP contribution in [0.1, 0.15) is 44.9 Å². The van der Waals surface area contributed by atoms with E-state index < -0.39 is 5.41 Å². The highest BCUT2D eigenvalue weighted by molar-refractivity contribution is 6.09. The van der Waals surface area contributed by atoms with Crippen molar-refractivity contribution in [2.45, 2.75) is 11.3 Å². The average Bonchev–Trinajstić information content (AvgIpc) is 3.78. The largest absolute Gasteiger partial charge is 0.456 e. The molecular formula is C62H38O2. The summed E-state index contributed by atoms with van der Waals surface area (Å²) in [6, 6.07) is 82.7. The van der Waals surface area contributed by atoms with Gasteiger partial charge < -0.3 is 9.15 Å². The first-order valence-electron chi connectivity index (χ1n) is 22.2. The minimum atomic E-state index is -0.621. The molecule has 0 N–H and O–H groups in total. The number of hydrogen-bond acceptors (Lipinski definition) is 2. The Morgan fingerprint density at radius 1 is 0.281 bits per heavy atom. The van der Waals surface area contributed by atoms with Gasteiger partial charge in [0.15, 0.2) is 0 Å². The average molecular weight is 815 g/mol. The summed E-state index contributed by atoms with van der Waals surface area (Å²) in [4.78, 5) is 0. The Morgan fingerprint density at radius 2 is 0.781 bits per heavy atom. The smallest absolute Gasteiger partial charge is 0.136 e. The van der Waals surface area contributed by atoms with Crippen molar-refractivity contribution in [3.8, 4) is 67.1 Å². The summed E-state index contributed by atoms with van der Waals surface area (Å²) in [5.74, 6) is 1.67. The lowest BCUT2D eigenvalue weighted by Crippen LogP contribution is -2.29. The molecule has 2 aliphatic carbocycles. The highest BCUT2D eigenvalue weighted by Gasteiger charge is 2.50. The zero-order valence-electron chi connectivity index (χ0n) is 34.8. The molecule has 1 aromatic heterocycles. The number of fused-ring (bicyclic) bond motifs is 20. The van der Waals surface area contributed by atoms with Crippen molar-refractivity contribution in [1.29, 1.82) is 0 Å². The Morgan fingerprint density at radius 3 is 1.53 bits per heavy atom. The summed E-state index contributed by atoms with van der Waals surface area (Å²) in [6.07, 6.45) is 0. The van der Waals surface area contributed by atoms with E-state index in [1.54, 1.807) is 0 Å². The molecular weight excluding hydrogens is 777 g/mol. The number of para-hydroxylation sites is 2. The number of hydrogen-bond donors (Lipinski definition) is 0. The van der Waals surface area contributed by atoms with Crippen LogP contribution in [0.15, 0.2) is 229 Å². The summed E-state index contributed by atoms with van der Waals surface area (Å²) in [5.41, 5.74) is 22.0. The summed E-state index contributed by atoms with van der Waals surface area (Å²) >= 11 is 0. The normalized spacial score (nSPS) is 15.3. The van der Waals surface area contributed by atoms with Crippen LogP contribution in [0.2, 0.25) is 0 Å². The van der Waals surface area contributed by atoms with Crippen LogP contribution in [0, 0.1) is 0 Å². The van der Waals surface area contributed by atoms with Crippen LogP contribution in [-0.2, 0) is 5.41 Å². The minimum absolute atomic E-state index is 0.0663. The van der Waals surface area contributed by atoms with Crippen molar-refractivity contribution in [2.75, 3.05) is 0 Å². The van der Waals surface area contributed by atoms with Crippen LogP contribution < -0.4 is 4.74 Å². The van der Waals surface area contributed by atoms with Crippen molar-refractivity contribution >= 4 is 21.9 Å². The molecule has 1 spiro atoms. The second kappa shape index (κ2) is 13.4. The fourth-order valence-corrected chi connectivity index (χ4v) is 11.6. The van der Waals surface area contributed by atoms with Crippen LogP contribution in [0.4, 0.5) is 0 Å². The first kappa shape index (κ1) is 35.4. The lowest BCUT2D eigenvalue weighted by molar-refractivity contribution is 0.487. The van der Waals surface area contributed by atoms with E-state index in [1.165, 1.54) is 83.5 Å². The fraction of sp³-hybridized carbons (Fsp3) is 0.0323. The molecule has 0 bridgehead atoms. The summed E-state index contributed by atoms with van der Waals surface area (Å²) < 4.78 is 13.3. The monoisotopic (exact) mass is 814 g/mol. The van der Waals surface area contributed by atoms with Crippen LogP contribution in [0.5, 0.6) is 11.5 Å². The molecule has 3 aliphatic rings. The quantitative estimate of drug-likeness (QED) is 0.166. The third-order valence-electron chi connectivity index (χ3n) is 14.2. The van der Waals surface area contributed by atoms with E-state index in [0.717, 1.165) is 44.6 Å². The molecule has 2 heterocycles. The standard InChI is InChI=1S/C62H38O2/c1-2-16-38(17-3-1)61(40-31-33-59-51(35-40)44-21-7-5-19-42(44)47-24-10-14-28-57(47)63-59)39-30-32-55-49(34-39)43-20-6-4-18-41(43)45-22-8-12-26-53(45)62(55)54-27-13-9-23-46(54)50-37-60-52(36-56(50)62)48-25-11-15-29-58(48)64-60/h1-37,61H. The van der Waals surface area contributed by atoms with Crippen molar-refractivity contribution in [3.05, 3.63) is 263 Å². The summed E-state index contributed by atoms with van der Waals surface area (Å²) in [7, 11) is 0. The molecule has 2 heteroatoms. The number of benzene rings is 10. The van der Waals surface area contributed by atoms with Crippen LogP contribution in [0.25, 0.3) is 77.6 Å². The van der Waals surface area contributed by atoms with Crippen molar-refractivity contribution < 1.29 is 9.15 Å². The number of rotatable bonds is 3. The van der Waals surface area contributed by atoms with Gasteiger partial charge in [0.1, 0.15) is 22.7 Å². The van der Waals surface area contributed by atoms with E-state index in [4.69, 9.17) is 9.15 Å². The van der Waals surface area contributed by atoms with Gasteiger partial charge in [0.25, 0.3) is 0 Å². The first-order valence-corrected chi connectivity index (χ1v) is 22.2. The lowest BCUT2D eigenvalue weighted by atomic mass is 9.65. The lowest BCUT2D eigenvalue weighted by Gasteiger charge is -2.35. The molecule has 2 atom stereocenters. The van der Waals surface area contributed by atoms with Gasteiger partial charge in [-0.15, -0.1) is 0 Å². The predicted octanol–water partition coefficient (Wildman–Crippen LogP) is 16.2. The maximum atomic E-state index is 6.74. The molecule has 11 aromatic rings. The highest BCUT2D eigenvalue weighted by atomic mass is 16.5. The Labute approximate surface area is 371 Å². The molecule has 0 fully saturated rings. The fourth-order valence-electron chi connectivity index (χ4n) is 11.6. The van der Waals surface area contributed by atoms with Gasteiger partial charge in [-0.3, -0.25) is 0 Å². The maximum absolute atomic E-state index is 6.74. The SMILES string of the molecule is c1ccc(C(c2ccc3c(c2)-c2ccccc2-c2ccccc2O3)c2ccc3c(c2)-c2ccccc2-c2ccccc2C32c3ccccc3-c3cc4oc5ccccc5c4cc32)cc1. The molecule has 2 unspecified atom stereocenters. The molecule has 10 aromatic carbocycles. The zero-order valence-corrected chi connectivity index (χ0v) is 34.8. The van der Waals surface area contributed by atoms with E-state index in [1.807, 2.05) is 6.07 Å². The molecule has 0 saturated heterocycles. The molecule has 64 heavy (non-hydrogen) atoms. The van der Waals surface area contributed by atoms with Crippen molar-refractivity contribution in [2.24, 2.45) is 0 Å². The van der Waals surface area contributed by atoms with Crippen molar-refractivity contribution in [3.63, 3.8) is 0 Å². The Bertz CT molecular complexity index is 3720. The zero-order chi connectivity index (χ0) is 41.9. The number of ether oxygens (including phenoxy) is 1. The molecule has 0 saturated carbocycles. The second-order valence-corrected chi connectivity index (χ2v) is 17.4. The third kappa shape index (κ3) is 4.85. The highest BCUT2D eigenvalue weighted by Crippen LogP contribution is 2.62. The van der Waals surface area contributed by atoms with Gasteiger partial charge in [-0.2, -0.15) is 0 Å². The van der Waals surface area contributed by atoms with E-state index in [9.17, 15) is 0 Å². The second-order valence-electron chi connectivity index (χ2n) is 17.4. The van der Waals surface area contributed by atoms with E-state index >= 15 is 0 Å². The molecule has 1 aliphatic heterocycles. The Kier molecular flexibility index (Phi) is 7.41. The first-order chi connectivity index (χ1) is 31.7.